The number of esters is 1. The molecule has 0 saturated carbocycles. The van der Waals surface area contributed by atoms with Crippen LogP contribution in [0.15, 0.2) is 0 Å². The normalized spacial score (nSPS) is 40.7. The number of ether oxygens (including phenoxy) is 2. The van der Waals surface area contributed by atoms with Gasteiger partial charge in [0, 0.05) is 6.42 Å². The van der Waals surface area contributed by atoms with Crippen molar-refractivity contribution in [3.8, 4) is 0 Å². The van der Waals surface area contributed by atoms with E-state index < -0.39 is 0 Å². The number of carbonyl (C=O) groups is 1. The number of hydrogen-bond donors (Lipinski definition) is 0. The zero-order chi connectivity index (χ0) is 6.27. The summed E-state index contributed by atoms with van der Waals surface area (Å²) in [7, 11) is 0. The maximum absolute atomic E-state index is 10.6. The quantitative estimate of drug-likeness (QED) is 0.434. The lowest BCUT2D eigenvalue weighted by Gasteiger charge is -2.02. The molecule has 3 heteroatoms. The molecule has 50 valence electrons. The molecule has 2 saturated heterocycles. The average molecular weight is 128 g/mol. The second-order valence-corrected chi connectivity index (χ2v) is 2.43. The van der Waals surface area contributed by atoms with E-state index in [4.69, 9.17) is 9.47 Å². The van der Waals surface area contributed by atoms with E-state index in [1.165, 1.54) is 0 Å². The molecule has 0 spiro atoms. The molecule has 0 amide bonds. The van der Waals surface area contributed by atoms with Gasteiger partial charge >= 0.3 is 5.97 Å². The molecule has 2 heterocycles. The molecule has 0 aromatic heterocycles. The summed E-state index contributed by atoms with van der Waals surface area (Å²) in [5.41, 5.74) is 0. The van der Waals surface area contributed by atoms with Crippen molar-refractivity contribution in [2.45, 2.75) is 25.0 Å². The van der Waals surface area contributed by atoms with Crippen LogP contribution in [-0.4, -0.2) is 24.8 Å². The molecule has 2 aliphatic rings. The first-order valence-electron chi connectivity index (χ1n) is 3.17. The van der Waals surface area contributed by atoms with Crippen LogP contribution >= 0.6 is 0 Å². The molecule has 3 nitrogen and oxygen atoms in total. The Bertz CT molecular complexity index is 129. The lowest BCUT2D eigenvalue weighted by Crippen LogP contribution is -2.13. The molecule has 0 bridgehead atoms. The minimum Gasteiger partial charge on any atom is -0.459 e. The number of hydrogen-bond acceptors (Lipinski definition) is 3. The van der Waals surface area contributed by atoms with Crippen LogP contribution in [0.3, 0.4) is 0 Å². The van der Waals surface area contributed by atoms with E-state index in [-0.39, 0.29) is 18.2 Å². The predicted octanol–water partition coefficient (Wildman–Crippen LogP) is 0.0908. The van der Waals surface area contributed by atoms with Crippen LogP contribution < -0.4 is 0 Å². The Morgan fingerprint density at radius 1 is 1.44 bits per heavy atom. The monoisotopic (exact) mass is 128 g/mol. The lowest BCUT2D eigenvalue weighted by molar-refractivity contribution is -0.141. The first-order valence-corrected chi connectivity index (χ1v) is 3.17. The molecule has 2 atom stereocenters. The van der Waals surface area contributed by atoms with Crippen LogP contribution in [0.5, 0.6) is 0 Å². The summed E-state index contributed by atoms with van der Waals surface area (Å²) in [6.45, 7) is 0.753. The summed E-state index contributed by atoms with van der Waals surface area (Å²) >= 11 is 0. The second-order valence-electron chi connectivity index (χ2n) is 2.43. The van der Waals surface area contributed by atoms with Crippen molar-refractivity contribution >= 4 is 5.97 Å². The topological polar surface area (TPSA) is 35.5 Å². The van der Waals surface area contributed by atoms with E-state index in [9.17, 15) is 4.79 Å². The Labute approximate surface area is 52.9 Å². The van der Waals surface area contributed by atoms with Crippen molar-refractivity contribution < 1.29 is 14.3 Å². The fourth-order valence-corrected chi connectivity index (χ4v) is 1.34. The highest BCUT2D eigenvalue weighted by molar-refractivity contribution is 5.72. The third-order valence-corrected chi connectivity index (χ3v) is 1.80. The van der Waals surface area contributed by atoms with E-state index in [1.807, 2.05) is 0 Å². The molecule has 0 N–H and O–H groups in total. The third kappa shape index (κ3) is 0.721. The van der Waals surface area contributed by atoms with E-state index in [1.54, 1.807) is 0 Å². The summed E-state index contributed by atoms with van der Waals surface area (Å²) < 4.78 is 10.1. The van der Waals surface area contributed by atoms with E-state index in [2.05, 4.69) is 0 Å². The minimum absolute atomic E-state index is 0.0810. The van der Waals surface area contributed by atoms with Crippen molar-refractivity contribution in [2.75, 3.05) is 6.61 Å². The lowest BCUT2D eigenvalue weighted by atomic mass is 10.2. The van der Waals surface area contributed by atoms with Gasteiger partial charge in [-0.1, -0.05) is 0 Å². The number of fused-ring (bicyclic) bond motifs is 1. The largest absolute Gasteiger partial charge is 0.459 e. The predicted molar refractivity (Wildman–Crippen MR) is 28.9 cm³/mol. The Morgan fingerprint density at radius 3 is 3.11 bits per heavy atom. The second kappa shape index (κ2) is 1.70. The van der Waals surface area contributed by atoms with Crippen LogP contribution in [0.25, 0.3) is 0 Å². The molecule has 0 aromatic carbocycles. The molecule has 0 radical (unpaired) electrons. The van der Waals surface area contributed by atoms with Crippen molar-refractivity contribution in [1.29, 1.82) is 0 Å². The fraction of sp³-hybridized carbons (Fsp3) is 0.833. The van der Waals surface area contributed by atoms with Crippen molar-refractivity contribution in [2.24, 2.45) is 0 Å². The Kier molecular flexibility index (Phi) is 0.990. The maximum atomic E-state index is 10.6. The Hall–Kier alpha value is -0.570. The van der Waals surface area contributed by atoms with Crippen LogP contribution in [0.2, 0.25) is 0 Å². The summed E-state index contributed by atoms with van der Waals surface area (Å²) in [4.78, 5) is 10.6. The van der Waals surface area contributed by atoms with Gasteiger partial charge in [-0.25, -0.2) is 0 Å². The minimum atomic E-state index is -0.107. The Morgan fingerprint density at radius 2 is 2.33 bits per heavy atom. The standard InChI is InChI=1S/C6H8O3/c7-6-3-5-4(9-6)1-2-8-5/h4-5H,1-3H2/t4?,5-/m1/s1. The van der Waals surface area contributed by atoms with Crippen LogP contribution in [0, 0.1) is 0 Å². The summed E-state index contributed by atoms with van der Waals surface area (Å²) in [5, 5.41) is 0. The summed E-state index contributed by atoms with van der Waals surface area (Å²) in [6, 6.07) is 0. The zero-order valence-electron chi connectivity index (χ0n) is 5.00. The highest BCUT2D eigenvalue weighted by Gasteiger charge is 2.39. The van der Waals surface area contributed by atoms with Gasteiger partial charge in [-0.2, -0.15) is 0 Å². The SMILES string of the molecule is O=C1C[C@H]2OCCC2O1. The van der Waals surface area contributed by atoms with Gasteiger partial charge in [0.25, 0.3) is 0 Å². The van der Waals surface area contributed by atoms with Crippen molar-refractivity contribution in [1.82, 2.24) is 0 Å². The molecule has 0 aliphatic carbocycles. The Balaban J connectivity index is 2.09. The molecule has 9 heavy (non-hydrogen) atoms. The molecule has 1 unspecified atom stereocenters. The molecule has 2 aliphatic heterocycles. The number of carbonyl (C=O) groups excluding carboxylic acids is 1. The molecule has 2 fully saturated rings. The fourth-order valence-electron chi connectivity index (χ4n) is 1.34. The number of rotatable bonds is 0. The van der Waals surface area contributed by atoms with Gasteiger partial charge in [0.05, 0.1) is 13.0 Å². The van der Waals surface area contributed by atoms with Crippen LogP contribution in [0.4, 0.5) is 0 Å². The highest BCUT2D eigenvalue weighted by Crippen LogP contribution is 2.26. The van der Waals surface area contributed by atoms with Gasteiger partial charge in [0.15, 0.2) is 0 Å². The summed E-state index contributed by atoms with van der Waals surface area (Å²) in [5.74, 6) is -0.107. The van der Waals surface area contributed by atoms with E-state index >= 15 is 0 Å². The average Bonchev–Trinajstić information content (AvgIpc) is 2.22. The van der Waals surface area contributed by atoms with Gasteiger partial charge in [-0.05, 0) is 0 Å². The van der Waals surface area contributed by atoms with Gasteiger partial charge < -0.3 is 9.47 Å². The van der Waals surface area contributed by atoms with Gasteiger partial charge in [0.2, 0.25) is 0 Å². The first kappa shape index (κ1) is 5.23. The van der Waals surface area contributed by atoms with Crippen LogP contribution in [0.1, 0.15) is 12.8 Å². The van der Waals surface area contributed by atoms with Crippen LogP contribution in [-0.2, 0) is 14.3 Å². The molecular formula is C6H8O3. The van der Waals surface area contributed by atoms with E-state index in [0.29, 0.717) is 6.42 Å². The first-order chi connectivity index (χ1) is 4.36. The van der Waals surface area contributed by atoms with E-state index in [0.717, 1.165) is 13.0 Å². The summed E-state index contributed by atoms with van der Waals surface area (Å²) in [6.07, 6.45) is 1.51. The molecule has 0 aromatic rings. The van der Waals surface area contributed by atoms with Crippen molar-refractivity contribution in [3.63, 3.8) is 0 Å². The third-order valence-electron chi connectivity index (χ3n) is 1.80. The van der Waals surface area contributed by atoms with Crippen molar-refractivity contribution in [3.05, 3.63) is 0 Å². The maximum Gasteiger partial charge on any atom is 0.308 e. The zero-order valence-corrected chi connectivity index (χ0v) is 5.00. The molecule has 2 rings (SSSR count). The smallest absolute Gasteiger partial charge is 0.308 e. The van der Waals surface area contributed by atoms with Gasteiger partial charge in [-0.15, -0.1) is 0 Å². The molecular weight excluding hydrogens is 120 g/mol. The van der Waals surface area contributed by atoms with Gasteiger partial charge in [-0.3, -0.25) is 4.79 Å². The van der Waals surface area contributed by atoms with Gasteiger partial charge in [0.1, 0.15) is 12.2 Å². The highest BCUT2D eigenvalue weighted by atomic mass is 16.6.